The van der Waals surface area contributed by atoms with Crippen LogP contribution in [-0.4, -0.2) is 70.0 Å². The molecule has 2 atom stereocenters. The zero-order valence-corrected chi connectivity index (χ0v) is 24.6. The quantitative estimate of drug-likeness (QED) is 0.344. The van der Waals surface area contributed by atoms with E-state index >= 15 is 13.2 Å². The predicted molar refractivity (Wildman–Crippen MR) is 157 cm³/mol. The first-order valence-electron chi connectivity index (χ1n) is 13.8. The standard InChI is InChI=1S/C31H35F3N6O2/c1-18-13-22(30(42)37(4)5)28(24(32)14-18)23-9-11-39(17-31(23,33)34)19(2)26-16-21-25(7-10-36-29(21)38(26)6)40-12-8-20(35-3)15-27(40)41/h7-8,10,12-16,19,23,35H,9,11,17H2,1-6H3/t19-,23+/m1/s1. The maximum atomic E-state index is 15.9. The Morgan fingerprint density at radius 3 is 2.57 bits per heavy atom. The third-order valence-electron chi connectivity index (χ3n) is 8.27. The highest BCUT2D eigenvalue weighted by molar-refractivity contribution is 5.96. The molecule has 1 saturated heterocycles. The molecule has 3 aromatic heterocycles. The topological polar surface area (TPSA) is 75.4 Å². The average molecular weight is 581 g/mol. The van der Waals surface area contributed by atoms with Gasteiger partial charge in [0.1, 0.15) is 11.5 Å². The number of rotatable bonds is 6. The maximum Gasteiger partial charge on any atom is 0.267 e. The normalized spacial score (nSPS) is 17.8. The smallest absolute Gasteiger partial charge is 0.267 e. The largest absolute Gasteiger partial charge is 0.388 e. The number of halogens is 3. The molecular formula is C31H35F3N6O2. The minimum absolute atomic E-state index is 0.0195. The molecule has 0 radical (unpaired) electrons. The first kappa shape index (κ1) is 29.4. The summed E-state index contributed by atoms with van der Waals surface area (Å²) < 4.78 is 50.4. The highest BCUT2D eigenvalue weighted by atomic mass is 19.3. The van der Waals surface area contributed by atoms with Gasteiger partial charge in [-0.3, -0.25) is 19.1 Å². The number of carbonyl (C=O) groups is 1. The molecule has 42 heavy (non-hydrogen) atoms. The Bertz CT molecular complexity index is 1730. The van der Waals surface area contributed by atoms with Crippen LogP contribution in [0, 0.1) is 12.7 Å². The summed E-state index contributed by atoms with van der Waals surface area (Å²) in [4.78, 5) is 33.2. The van der Waals surface area contributed by atoms with Gasteiger partial charge >= 0.3 is 0 Å². The van der Waals surface area contributed by atoms with E-state index in [9.17, 15) is 9.59 Å². The lowest BCUT2D eigenvalue weighted by Gasteiger charge is -2.42. The fourth-order valence-electron chi connectivity index (χ4n) is 6.03. The van der Waals surface area contributed by atoms with Crippen LogP contribution >= 0.6 is 0 Å². The van der Waals surface area contributed by atoms with E-state index in [1.54, 1.807) is 43.4 Å². The number of carbonyl (C=O) groups excluding carboxylic acids is 1. The molecule has 5 rings (SSSR count). The molecule has 0 bridgehead atoms. The highest BCUT2D eigenvalue weighted by Crippen LogP contribution is 2.45. The van der Waals surface area contributed by atoms with E-state index in [1.165, 1.54) is 41.8 Å². The van der Waals surface area contributed by atoms with E-state index in [0.717, 1.165) is 11.1 Å². The fraction of sp³-hybridized carbons (Fsp3) is 0.387. The van der Waals surface area contributed by atoms with Crippen LogP contribution in [0.4, 0.5) is 18.9 Å². The summed E-state index contributed by atoms with van der Waals surface area (Å²) in [5.74, 6) is -6.01. The lowest BCUT2D eigenvalue weighted by atomic mass is 9.82. The van der Waals surface area contributed by atoms with Crippen LogP contribution in [0.15, 0.2) is 53.6 Å². The number of alkyl halides is 2. The Balaban J connectivity index is 1.48. The van der Waals surface area contributed by atoms with Gasteiger partial charge in [-0.25, -0.2) is 18.2 Å². The number of nitrogens with zero attached hydrogens (tertiary/aromatic N) is 5. The molecule has 222 valence electrons. The fourth-order valence-corrected chi connectivity index (χ4v) is 6.03. The molecule has 0 aliphatic carbocycles. The number of amides is 1. The summed E-state index contributed by atoms with van der Waals surface area (Å²) >= 11 is 0. The Hall–Kier alpha value is -4.12. The van der Waals surface area contributed by atoms with E-state index in [0.29, 0.717) is 22.6 Å². The van der Waals surface area contributed by atoms with Crippen molar-refractivity contribution in [1.29, 1.82) is 0 Å². The molecular weight excluding hydrogens is 545 g/mol. The van der Waals surface area contributed by atoms with Crippen molar-refractivity contribution in [2.75, 3.05) is 39.5 Å². The molecule has 1 aliphatic heterocycles. The SMILES string of the molecule is CNc1ccn(-c2ccnc3c2cc([C@@H](C)N2CC[C@@H](c4c(F)cc(C)cc4C(=O)N(C)C)C(F)(F)C2)n3C)c(=O)c1. The van der Waals surface area contributed by atoms with Crippen LogP contribution in [0.2, 0.25) is 0 Å². The molecule has 0 spiro atoms. The van der Waals surface area contributed by atoms with Gasteiger partial charge in [-0.05, 0) is 62.7 Å². The van der Waals surface area contributed by atoms with Gasteiger partial charge in [0.2, 0.25) is 0 Å². The minimum Gasteiger partial charge on any atom is -0.388 e. The molecule has 4 aromatic rings. The van der Waals surface area contributed by atoms with E-state index in [-0.39, 0.29) is 29.7 Å². The van der Waals surface area contributed by atoms with Crippen LogP contribution in [0.1, 0.15) is 52.5 Å². The van der Waals surface area contributed by atoms with Crippen molar-refractivity contribution in [3.05, 3.63) is 87.3 Å². The number of hydrogen-bond acceptors (Lipinski definition) is 5. The molecule has 8 nitrogen and oxygen atoms in total. The highest BCUT2D eigenvalue weighted by Gasteiger charge is 2.48. The number of aromatic nitrogens is 3. The van der Waals surface area contributed by atoms with Crippen molar-refractivity contribution in [2.24, 2.45) is 7.05 Å². The minimum atomic E-state index is -3.29. The number of piperidine rings is 1. The van der Waals surface area contributed by atoms with Gasteiger partial charge in [0.25, 0.3) is 17.4 Å². The predicted octanol–water partition coefficient (Wildman–Crippen LogP) is 5.10. The molecule has 0 unspecified atom stereocenters. The molecule has 1 aliphatic rings. The molecule has 11 heteroatoms. The summed E-state index contributed by atoms with van der Waals surface area (Å²) in [6.45, 7) is 3.16. The number of aryl methyl sites for hydroxylation is 2. The third-order valence-corrected chi connectivity index (χ3v) is 8.27. The van der Waals surface area contributed by atoms with Crippen LogP contribution in [-0.2, 0) is 7.05 Å². The summed E-state index contributed by atoms with van der Waals surface area (Å²) in [7, 11) is 6.60. The third kappa shape index (κ3) is 5.06. The number of pyridine rings is 2. The van der Waals surface area contributed by atoms with Gasteiger partial charge in [-0.1, -0.05) is 0 Å². The number of hydrogen-bond donors (Lipinski definition) is 1. The maximum absolute atomic E-state index is 15.9. The van der Waals surface area contributed by atoms with Gasteiger partial charge in [0.05, 0.1) is 18.2 Å². The number of nitrogens with one attached hydrogen (secondary N) is 1. The molecule has 1 amide bonds. The number of benzene rings is 1. The number of fused-ring (bicyclic) bond motifs is 1. The zero-order chi connectivity index (χ0) is 30.5. The summed E-state index contributed by atoms with van der Waals surface area (Å²) in [5, 5.41) is 3.67. The van der Waals surface area contributed by atoms with Crippen molar-refractivity contribution in [2.45, 2.75) is 38.2 Å². The van der Waals surface area contributed by atoms with Crippen molar-refractivity contribution < 1.29 is 18.0 Å². The van der Waals surface area contributed by atoms with Crippen LogP contribution < -0.4 is 10.9 Å². The Kier molecular flexibility index (Phi) is 7.65. The van der Waals surface area contributed by atoms with Gasteiger partial charge < -0.3 is 14.8 Å². The van der Waals surface area contributed by atoms with Crippen molar-refractivity contribution in [3.8, 4) is 5.69 Å². The first-order chi connectivity index (χ1) is 19.8. The second-order valence-corrected chi connectivity index (χ2v) is 11.2. The monoisotopic (exact) mass is 580 g/mol. The van der Waals surface area contributed by atoms with E-state index < -0.39 is 36.2 Å². The Labute approximate surface area is 242 Å². The van der Waals surface area contributed by atoms with Crippen LogP contribution in [0.5, 0.6) is 0 Å². The van der Waals surface area contributed by atoms with Crippen LogP contribution in [0.3, 0.4) is 0 Å². The molecule has 0 saturated carbocycles. The van der Waals surface area contributed by atoms with Gasteiger partial charge in [0, 0.05) is 80.6 Å². The van der Waals surface area contributed by atoms with E-state index in [1.807, 2.05) is 24.6 Å². The van der Waals surface area contributed by atoms with Crippen molar-refractivity contribution >= 4 is 22.6 Å². The summed E-state index contributed by atoms with van der Waals surface area (Å²) in [5.41, 5.74) is 2.75. The lowest BCUT2D eigenvalue weighted by Crippen LogP contribution is -2.49. The molecule has 4 heterocycles. The number of anilines is 1. The second-order valence-electron chi connectivity index (χ2n) is 11.2. The van der Waals surface area contributed by atoms with Crippen molar-refractivity contribution in [3.63, 3.8) is 0 Å². The number of likely N-dealkylation sites (tertiary alicyclic amines) is 1. The molecule has 1 aromatic carbocycles. The van der Waals surface area contributed by atoms with E-state index in [2.05, 4.69) is 10.3 Å². The summed E-state index contributed by atoms with van der Waals surface area (Å²) in [6.07, 6.45) is 3.28. The Morgan fingerprint density at radius 2 is 1.93 bits per heavy atom. The van der Waals surface area contributed by atoms with E-state index in [4.69, 9.17) is 0 Å². The second kappa shape index (κ2) is 10.9. The Morgan fingerprint density at radius 1 is 1.19 bits per heavy atom. The summed E-state index contributed by atoms with van der Waals surface area (Å²) in [6, 6.07) is 9.20. The molecule has 1 N–H and O–H groups in total. The van der Waals surface area contributed by atoms with Crippen molar-refractivity contribution in [1.82, 2.24) is 23.9 Å². The van der Waals surface area contributed by atoms with Gasteiger partial charge in [-0.2, -0.15) is 0 Å². The lowest BCUT2D eigenvalue weighted by molar-refractivity contribution is -0.0930. The van der Waals surface area contributed by atoms with Gasteiger partial charge in [0.15, 0.2) is 0 Å². The molecule has 1 fully saturated rings. The zero-order valence-electron chi connectivity index (χ0n) is 24.6. The van der Waals surface area contributed by atoms with Gasteiger partial charge in [-0.15, -0.1) is 0 Å². The first-order valence-corrected chi connectivity index (χ1v) is 13.8. The average Bonchev–Trinajstić information content (AvgIpc) is 3.28. The van der Waals surface area contributed by atoms with Crippen LogP contribution in [0.25, 0.3) is 16.7 Å².